The highest BCUT2D eigenvalue weighted by atomic mass is 28.3. The van der Waals surface area contributed by atoms with E-state index in [1.807, 2.05) is 6.92 Å². The lowest BCUT2D eigenvalue weighted by Gasteiger charge is -2.14. The van der Waals surface area contributed by atoms with Gasteiger partial charge in [0.25, 0.3) is 0 Å². The van der Waals surface area contributed by atoms with E-state index in [4.69, 9.17) is 9.47 Å². The molecule has 1 rings (SSSR count). The van der Waals surface area contributed by atoms with Gasteiger partial charge in [-0.3, -0.25) is 0 Å². The minimum atomic E-state index is -0.847. The zero-order chi connectivity index (χ0) is 9.19. The quantitative estimate of drug-likeness (QED) is 0.375. The Kier molecular flexibility index (Phi) is 3.32. The fraction of sp³-hybridized carbons (Fsp3) is 1.00. The highest BCUT2D eigenvalue weighted by molar-refractivity contribution is 6.76. The van der Waals surface area contributed by atoms with Crippen LogP contribution in [0.2, 0.25) is 25.7 Å². The molecule has 1 heterocycles. The van der Waals surface area contributed by atoms with Gasteiger partial charge < -0.3 is 9.47 Å². The van der Waals surface area contributed by atoms with Crippen LogP contribution in [0.15, 0.2) is 0 Å². The Labute approximate surface area is 76.3 Å². The van der Waals surface area contributed by atoms with Crippen molar-refractivity contribution in [1.82, 2.24) is 0 Å². The molecular weight excluding hydrogens is 168 g/mol. The van der Waals surface area contributed by atoms with Crippen molar-refractivity contribution in [2.24, 2.45) is 0 Å². The summed E-state index contributed by atoms with van der Waals surface area (Å²) >= 11 is 0. The molecule has 0 aliphatic carbocycles. The molecule has 1 fully saturated rings. The van der Waals surface area contributed by atoms with Gasteiger partial charge in [-0.05, 0) is 13.3 Å². The van der Waals surface area contributed by atoms with Crippen LogP contribution in [0, 0.1) is 0 Å². The maximum Gasteiger partial charge on any atom is 0.184 e. The SMILES string of the molecule is CC1OC1OCCC[Si](C)(C)C. The normalized spacial score (nSPS) is 29.0. The van der Waals surface area contributed by atoms with Gasteiger partial charge in [0, 0.05) is 14.7 Å². The van der Waals surface area contributed by atoms with Crippen molar-refractivity contribution < 1.29 is 9.47 Å². The summed E-state index contributed by atoms with van der Waals surface area (Å²) in [6, 6.07) is 1.36. The van der Waals surface area contributed by atoms with E-state index in [2.05, 4.69) is 19.6 Å². The molecule has 3 heteroatoms. The van der Waals surface area contributed by atoms with Crippen molar-refractivity contribution in [1.29, 1.82) is 0 Å². The maximum atomic E-state index is 5.46. The molecule has 0 aromatic carbocycles. The maximum absolute atomic E-state index is 5.46. The molecule has 1 aliphatic heterocycles. The molecule has 0 aromatic rings. The van der Waals surface area contributed by atoms with Crippen molar-refractivity contribution >= 4 is 8.07 Å². The second-order valence-electron chi connectivity index (χ2n) is 4.74. The molecule has 2 unspecified atom stereocenters. The third-order valence-electron chi connectivity index (χ3n) is 2.01. The molecule has 12 heavy (non-hydrogen) atoms. The highest BCUT2D eigenvalue weighted by Gasteiger charge is 2.34. The summed E-state index contributed by atoms with van der Waals surface area (Å²) in [4.78, 5) is 0. The van der Waals surface area contributed by atoms with Crippen molar-refractivity contribution in [3.05, 3.63) is 0 Å². The summed E-state index contributed by atoms with van der Waals surface area (Å²) in [5, 5.41) is 0. The van der Waals surface area contributed by atoms with Crippen LogP contribution in [0.5, 0.6) is 0 Å². The lowest BCUT2D eigenvalue weighted by atomic mass is 10.5. The molecule has 0 saturated carbocycles. The summed E-state index contributed by atoms with van der Waals surface area (Å²) in [6.07, 6.45) is 1.66. The molecule has 2 atom stereocenters. The largest absolute Gasteiger partial charge is 0.350 e. The van der Waals surface area contributed by atoms with Crippen LogP contribution >= 0.6 is 0 Å². The summed E-state index contributed by atoms with van der Waals surface area (Å²) in [5.74, 6) is 0. The zero-order valence-corrected chi connectivity index (χ0v) is 9.59. The van der Waals surface area contributed by atoms with Gasteiger partial charge in [0.05, 0.1) is 0 Å². The van der Waals surface area contributed by atoms with E-state index < -0.39 is 8.07 Å². The molecule has 0 amide bonds. The molecule has 1 aliphatic rings. The van der Waals surface area contributed by atoms with Crippen molar-refractivity contribution in [3.63, 3.8) is 0 Å². The van der Waals surface area contributed by atoms with Gasteiger partial charge in [-0.15, -0.1) is 0 Å². The first kappa shape index (κ1) is 10.2. The summed E-state index contributed by atoms with van der Waals surface area (Å²) in [6.45, 7) is 10.1. The zero-order valence-electron chi connectivity index (χ0n) is 8.59. The smallest absolute Gasteiger partial charge is 0.184 e. The summed E-state index contributed by atoms with van der Waals surface area (Å²) < 4.78 is 10.6. The van der Waals surface area contributed by atoms with E-state index in [1.54, 1.807) is 0 Å². The lowest BCUT2D eigenvalue weighted by molar-refractivity contribution is 0.0506. The number of hydrogen-bond acceptors (Lipinski definition) is 2. The number of epoxide rings is 1. The molecule has 0 bridgehead atoms. The van der Waals surface area contributed by atoms with Gasteiger partial charge in [0.2, 0.25) is 0 Å². The van der Waals surface area contributed by atoms with Crippen LogP contribution in [-0.2, 0) is 9.47 Å². The molecule has 0 aromatic heterocycles. The third-order valence-corrected chi connectivity index (χ3v) is 3.86. The average Bonchev–Trinajstić information content (AvgIpc) is 2.57. The number of hydrogen-bond donors (Lipinski definition) is 0. The van der Waals surface area contributed by atoms with E-state index in [1.165, 1.54) is 12.5 Å². The molecule has 1 saturated heterocycles. The predicted molar refractivity (Wildman–Crippen MR) is 53.1 cm³/mol. The fourth-order valence-corrected chi connectivity index (χ4v) is 2.35. The first-order valence-corrected chi connectivity index (χ1v) is 8.47. The average molecular weight is 188 g/mol. The second kappa shape index (κ2) is 3.90. The van der Waals surface area contributed by atoms with Gasteiger partial charge in [0.15, 0.2) is 6.29 Å². The Balaban J connectivity index is 1.90. The minimum Gasteiger partial charge on any atom is -0.350 e. The van der Waals surface area contributed by atoms with Crippen molar-refractivity contribution in [3.8, 4) is 0 Å². The first-order chi connectivity index (χ1) is 5.49. The monoisotopic (exact) mass is 188 g/mol. The van der Waals surface area contributed by atoms with Crippen LogP contribution in [0.1, 0.15) is 13.3 Å². The summed E-state index contributed by atoms with van der Waals surface area (Å²) in [7, 11) is -0.847. The van der Waals surface area contributed by atoms with Gasteiger partial charge >= 0.3 is 0 Å². The van der Waals surface area contributed by atoms with E-state index in [-0.39, 0.29) is 6.29 Å². The van der Waals surface area contributed by atoms with E-state index in [9.17, 15) is 0 Å². The van der Waals surface area contributed by atoms with Gasteiger partial charge in [-0.2, -0.15) is 0 Å². The van der Waals surface area contributed by atoms with Crippen LogP contribution < -0.4 is 0 Å². The Bertz CT molecular complexity index is 142. The molecule has 0 radical (unpaired) electrons. The molecule has 0 spiro atoms. The Morgan fingerprint density at radius 3 is 2.33 bits per heavy atom. The molecule has 2 nitrogen and oxygen atoms in total. The van der Waals surface area contributed by atoms with E-state index in [0.717, 1.165) is 6.61 Å². The Morgan fingerprint density at radius 1 is 1.33 bits per heavy atom. The van der Waals surface area contributed by atoms with Crippen LogP contribution in [0.25, 0.3) is 0 Å². The van der Waals surface area contributed by atoms with Gasteiger partial charge in [-0.1, -0.05) is 25.7 Å². The van der Waals surface area contributed by atoms with Crippen molar-refractivity contribution in [2.75, 3.05) is 6.61 Å². The Morgan fingerprint density at radius 2 is 1.92 bits per heavy atom. The van der Waals surface area contributed by atoms with Crippen molar-refractivity contribution in [2.45, 2.75) is 51.4 Å². The van der Waals surface area contributed by atoms with E-state index in [0.29, 0.717) is 6.10 Å². The number of rotatable bonds is 5. The summed E-state index contributed by atoms with van der Waals surface area (Å²) in [5.41, 5.74) is 0. The minimum absolute atomic E-state index is 0.117. The van der Waals surface area contributed by atoms with Gasteiger partial charge in [-0.25, -0.2) is 0 Å². The van der Waals surface area contributed by atoms with Gasteiger partial charge in [0.1, 0.15) is 6.10 Å². The topological polar surface area (TPSA) is 21.8 Å². The molecular formula is C9H20O2Si. The van der Waals surface area contributed by atoms with E-state index >= 15 is 0 Å². The first-order valence-electron chi connectivity index (χ1n) is 4.76. The highest BCUT2D eigenvalue weighted by Crippen LogP contribution is 2.22. The number of ether oxygens (including phenoxy) is 2. The van der Waals surface area contributed by atoms with Crippen LogP contribution in [0.4, 0.5) is 0 Å². The van der Waals surface area contributed by atoms with Crippen LogP contribution in [0.3, 0.4) is 0 Å². The molecule has 72 valence electrons. The second-order valence-corrected chi connectivity index (χ2v) is 10.4. The standard InChI is InChI=1S/C9H20O2Si/c1-8-9(11-8)10-6-5-7-12(2,3)4/h8-9H,5-7H2,1-4H3. The fourth-order valence-electron chi connectivity index (χ4n) is 1.14. The molecule has 0 N–H and O–H groups in total. The predicted octanol–water partition coefficient (Wildman–Crippen LogP) is 2.48. The third kappa shape index (κ3) is 4.23. The van der Waals surface area contributed by atoms with Crippen LogP contribution in [-0.4, -0.2) is 27.1 Å². The Hall–Kier alpha value is 0.137. The lowest BCUT2D eigenvalue weighted by Crippen LogP contribution is -2.19.